The molecule has 0 unspecified atom stereocenters. The maximum absolute atomic E-state index is 12.6. The van der Waals surface area contributed by atoms with Gasteiger partial charge in [-0.15, -0.1) is 0 Å². The van der Waals surface area contributed by atoms with Crippen LogP contribution in [-0.4, -0.2) is 33.8 Å². The number of sulfonamides is 1. The number of anilines is 2. The number of rotatable bonds is 5. The van der Waals surface area contributed by atoms with Crippen LogP contribution < -0.4 is 14.9 Å². The van der Waals surface area contributed by atoms with Crippen LogP contribution in [-0.2, 0) is 14.8 Å². The fourth-order valence-electron chi connectivity index (χ4n) is 2.83. The Hall–Kier alpha value is -2.71. The lowest BCUT2D eigenvalue weighted by Crippen LogP contribution is -2.25. The first-order valence-corrected chi connectivity index (χ1v) is 9.65. The first kappa shape index (κ1) is 18.1. The average molecular weight is 373 g/mol. The van der Waals surface area contributed by atoms with E-state index in [0.29, 0.717) is 24.3 Å². The minimum Gasteiger partial charge on any atom is -0.320 e. The number of benzene rings is 2. The van der Waals surface area contributed by atoms with Gasteiger partial charge in [-0.1, -0.05) is 18.2 Å². The van der Waals surface area contributed by atoms with Crippen LogP contribution in [0, 0.1) is 0 Å². The predicted octanol–water partition coefficient (Wildman–Crippen LogP) is 1.97. The summed E-state index contributed by atoms with van der Waals surface area (Å²) in [7, 11) is -2.33. The van der Waals surface area contributed by atoms with E-state index in [1.54, 1.807) is 29.2 Å². The maximum Gasteiger partial charge on any atom is 0.255 e. The molecule has 7 nitrogen and oxygen atoms in total. The number of carbonyl (C=O) groups is 2. The van der Waals surface area contributed by atoms with E-state index in [9.17, 15) is 18.0 Å². The Labute approximate surface area is 152 Å². The molecule has 2 aromatic carbocycles. The smallest absolute Gasteiger partial charge is 0.255 e. The summed E-state index contributed by atoms with van der Waals surface area (Å²) in [5.74, 6) is -0.425. The van der Waals surface area contributed by atoms with Crippen LogP contribution in [0.1, 0.15) is 23.2 Å². The third-order valence-corrected chi connectivity index (χ3v) is 5.60. The lowest BCUT2D eigenvalue weighted by atomic mass is 10.2. The van der Waals surface area contributed by atoms with E-state index in [0.717, 1.165) is 6.42 Å². The molecular weight excluding hydrogens is 354 g/mol. The first-order valence-electron chi connectivity index (χ1n) is 8.17. The number of hydrogen-bond acceptors (Lipinski definition) is 4. The van der Waals surface area contributed by atoms with Crippen molar-refractivity contribution >= 4 is 33.2 Å². The standard InChI is InChI=1S/C18H19N3O4S/c1-19-26(24,25)14-7-4-6-13(12-14)18(23)20-15-8-2-3-9-16(15)21-11-5-10-17(21)22/h2-4,6-9,12,19H,5,10-11H2,1H3,(H,20,23). The van der Waals surface area contributed by atoms with Gasteiger partial charge in [0.2, 0.25) is 15.9 Å². The lowest BCUT2D eigenvalue weighted by Gasteiger charge is -2.20. The molecule has 0 aromatic heterocycles. The van der Waals surface area contributed by atoms with Crippen LogP contribution in [0.2, 0.25) is 0 Å². The van der Waals surface area contributed by atoms with Crippen LogP contribution in [0.4, 0.5) is 11.4 Å². The summed E-state index contributed by atoms with van der Waals surface area (Å²) in [5, 5.41) is 2.77. The number of hydrogen-bond donors (Lipinski definition) is 2. The number of nitrogens with one attached hydrogen (secondary N) is 2. The van der Waals surface area contributed by atoms with Crippen molar-refractivity contribution < 1.29 is 18.0 Å². The molecule has 2 amide bonds. The quantitative estimate of drug-likeness (QED) is 0.838. The molecule has 136 valence electrons. The van der Waals surface area contributed by atoms with Crippen LogP contribution in [0.15, 0.2) is 53.4 Å². The van der Waals surface area contributed by atoms with Crippen LogP contribution in [0.5, 0.6) is 0 Å². The van der Waals surface area contributed by atoms with Gasteiger partial charge >= 0.3 is 0 Å². The molecule has 3 rings (SSSR count). The number of amides is 2. The molecular formula is C18H19N3O4S. The summed E-state index contributed by atoms with van der Waals surface area (Å²) >= 11 is 0. The van der Waals surface area contributed by atoms with E-state index in [4.69, 9.17) is 0 Å². The normalized spacial score (nSPS) is 14.5. The van der Waals surface area contributed by atoms with Gasteiger partial charge in [0.05, 0.1) is 16.3 Å². The number of para-hydroxylation sites is 2. The Morgan fingerprint density at radius 1 is 1.12 bits per heavy atom. The predicted molar refractivity (Wildman–Crippen MR) is 98.7 cm³/mol. The Kier molecular flexibility index (Phi) is 5.06. The highest BCUT2D eigenvalue weighted by atomic mass is 32.2. The van der Waals surface area contributed by atoms with Crippen molar-refractivity contribution in [2.75, 3.05) is 23.8 Å². The molecule has 8 heteroatoms. The van der Waals surface area contributed by atoms with Crippen molar-refractivity contribution in [1.82, 2.24) is 4.72 Å². The zero-order valence-corrected chi connectivity index (χ0v) is 15.0. The molecule has 0 radical (unpaired) electrons. The largest absolute Gasteiger partial charge is 0.320 e. The molecule has 2 N–H and O–H groups in total. The Bertz CT molecular complexity index is 956. The highest BCUT2D eigenvalue weighted by Gasteiger charge is 2.24. The van der Waals surface area contributed by atoms with Crippen molar-refractivity contribution in [3.63, 3.8) is 0 Å². The van der Waals surface area contributed by atoms with E-state index in [2.05, 4.69) is 10.0 Å². The first-order chi connectivity index (χ1) is 12.4. The van der Waals surface area contributed by atoms with Gasteiger partial charge in [-0.25, -0.2) is 13.1 Å². The van der Waals surface area contributed by atoms with Crippen molar-refractivity contribution in [2.24, 2.45) is 0 Å². The van der Waals surface area contributed by atoms with Gasteiger partial charge in [0.15, 0.2) is 0 Å². The van der Waals surface area contributed by atoms with E-state index >= 15 is 0 Å². The molecule has 0 spiro atoms. The van der Waals surface area contributed by atoms with Gasteiger partial charge in [0.1, 0.15) is 0 Å². The molecule has 0 bridgehead atoms. The van der Waals surface area contributed by atoms with Crippen molar-refractivity contribution in [1.29, 1.82) is 0 Å². The van der Waals surface area contributed by atoms with E-state index in [-0.39, 0.29) is 16.4 Å². The fourth-order valence-corrected chi connectivity index (χ4v) is 3.61. The molecule has 26 heavy (non-hydrogen) atoms. The third-order valence-electron chi connectivity index (χ3n) is 4.19. The topological polar surface area (TPSA) is 95.6 Å². The minimum absolute atomic E-state index is 0.00987. The van der Waals surface area contributed by atoms with Gasteiger partial charge < -0.3 is 10.2 Å². The van der Waals surface area contributed by atoms with Gasteiger partial charge in [0, 0.05) is 18.5 Å². The number of nitrogens with zero attached hydrogens (tertiary/aromatic N) is 1. The van der Waals surface area contributed by atoms with Crippen molar-refractivity contribution in [2.45, 2.75) is 17.7 Å². The molecule has 1 fully saturated rings. The average Bonchev–Trinajstić information content (AvgIpc) is 3.08. The van der Waals surface area contributed by atoms with Gasteiger partial charge in [-0.2, -0.15) is 0 Å². The van der Waals surface area contributed by atoms with Gasteiger partial charge in [-0.05, 0) is 43.8 Å². The monoisotopic (exact) mass is 373 g/mol. The van der Waals surface area contributed by atoms with Crippen molar-refractivity contribution in [3.05, 3.63) is 54.1 Å². The number of carbonyl (C=O) groups excluding carboxylic acids is 2. The molecule has 0 saturated carbocycles. The summed E-state index contributed by atoms with van der Waals surface area (Å²) in [5.41, 5.74) is 1.36. The van der Waals surface area contributed by atoms with Gasteiger partial charge in [-0.3, -0.25) is 9.59 Å². The van der Waals surface area contributed by atoms with Crippen molar-refractivity contribution in [3.8, 4) is 0 Å². The Balaban J connectivity index is 1.88. The SMILES string of the molecule is CNS(=O)(=O)c1cccc(C(=O)Nc2ccccc2N2CCCC2=O)c1. The zero-order valence-electron chi connectivity index (χ0n) is 14.2. The van der Waals surface area contributed by atoms with E-state index in [1.807, 2.05) is 0 Å². The molecule has 0 atom stereocenters. The van der Waals surface area contributed by atoms with E-state index in [1.165, 1.54) is 31.3 Å². The Morgan fingerprint density at radius 2 is 1.88 bits per heavy atom. The maximum atomic E-state index is 12.6. The fraction of sp³-hybridized carbons (Fsp3) is 0.222. The molecule has 1 heterocycles. The lowest BCUT2D eigenvalue weighted by molar-refractivity contribution is -0.117. The summed E-state index contributed by atoms with van der Waals surface area (Å²) < 4.78 is 26.0. The van der Waals surface area contributed by atoms with Crippen LogP contribution >= 0.6 is 0 Å². The zero-order chi connectivity index (χ0) is 18.7. The highest BCUT2D eigenvalue weighted by Crippen LogP contribution is 2.29. The Morgan fingerprint density at radius 3 is 2.58 bits per heavy atom. The molecule has 1 aliphatic rings. The highest BCUT2D eigenvalue weighted by molar-refractivity contribution is 7.89. The van der Waals surface area contributed by atoms with Crippen LogP contribution in [0.25, 0.3) is 0 Å². The summed E-state index contributed by atoms with van der Waals surface area (Å²) in [6.07, 6.45) is 1.28. The van der Waals surface area contributed by atoms with Crippen LogP contribution in [0.3, 0.4) is 0 Å². The minimum atomic E-state index is -3.64. The molecule has 1 saturated heterocycles. The van der Waals surface area contributed by atoms with Gasteiger partial charge in [0.25, 0.3) is 5.91 Å². The summed E-state index contributed by atoms with van der Waals surface area (Å²) in [4.78, 5) is 26.3. The molecule has 1 aliphatic heterocycles. The molecule has 2 aromatic rings. The second-order valence-corrected chi connectivity index (χ2v) is 7.74. The molecule has 0 aliphatic carbocycles. The second-order valence-electron chi connectivity index (χ2n) is 5.86. The van der Waals surface area contributed by atoms with E-state index < -0.39 is 15.9 Å². The second kappa shape index (κ2) is 7.27. The third kappa shape index (κ3) is 3.61. The summed E-state index contributed by atoms with van der Waals surface area (Å²) in [6, 6.07) is 12.8. The summed E-state index contributed by atoms with van der Waals surface area (Å²) in [6.45, 7) is 0.613.